The van der Waals surface area contributed by atoms with Gasteiger partial charge < -0.3 is 15.4 Å². The Balaban J connectivity index is 0.00000361. The Labute approximate surface area is 125 Å². The number of benzene rings is 1. The van der Waals surface area contributed by atoms with Crippen molar-refractivity contribution in [2.24, 2.45) is 0 Å². The molecule has 0 aliphatic rings. The minimum Gasteiger partial charge on any atom is -0.491 e. The third kappa shape index (κ3) is 6.73. The van der Waals surface area contributed by atoms with E-state index in [1.165, 1.54) is 18.2 Å². The maximum absolute atomic E-state index is 13.2. The molecular formula is C14H22ClFN2O2. The van der Waals surface area contributed by atoms with Gasteiger partial charge in [-0.3, -0.25) is 4.79 Å². The summed E-state index contributed by atoms with van der Waals surface area (Å²) in [7, 11) is 1.84. The van der Waals surface area contributed by atoms with Crippen molar-refractivity contribution in [2.45, 2.75) is 26.2 Å². The van der Waals surface area contributed by atoms with Crippen LogP contribution in [0.2, 0.25) is 0 Å². The van der Waals surface area contributed by atoms with Crippen LogP contribution in [0.4, 0.5) is 10.1 Å². The van der Waals surface area contributed by atoms with Gasteiger partial charge in [0.2, 0.25) is 5.91 Å². The molecular weight excluding hydrogens is 283 g/mol. The van der Waals surface area contributed by atoms with E-state index in [-0.39, 0.29) is 24.1 Å². The third-order valence-corrected chi connectivity index (χ3v) is 2.51. The zero-order valence-corrected chi connectivity index (χ0v) is 12.7. The van der Waals surface area contributed by atoms with Crippen LogP contribution in [0.5, 0.6) is 5.75 Å². The molecule has 1 amide bonds. The number of ether oxygens (including phenoxy) is 1. The summed E-state index contributed by atoms with van der Waals surface area (Å²) in [6.07, 6.45) is 2.01. The topological polar surface area (TPSA) is 50.4 Å². The van der Waals surface area contributed by atoms with E-state index in [0.29, 0.717) is 24.5 Å². The monoisotopic (exact) mass is 304 g/mol. The largest absolute Gasteiger partial charge is 0.491 e. The first-order valence-corrected chi connectivity index (χ1v) is 6.54. The highest BCUT2D eigenvalue weighted by Gasteiger charge is 2.09. The molecule has 0 atom stereocenters. The van der Waals surface area contributed by atoms with Gasteiger partial charge in [0.25, 0.3) is 0 Å². The van der Waals surface area contributed by atoms with Crippen molar-refractivity contribution in [3.8, 4) is 5.75 Å². The van der Waals surface area contributed by atoms with Crippen molar-refractivity contribution in [1.82, 2.24) is 5.32 Å². The van der Waals surface area contributed by atoms with Crippen LogP contribution in [0.1, 0.15) is 26.2 Å². The number of amides is 1. The first-order valence-electron chi connectivity index (χ1n) is 6.54. The van der Waals surface area contributed by atoms with E-state index in [1.54, 1.807) is 0 Å². The van der Waals surface area contributed by atoms with Gasteiger partial charge in [-0.05, 0) is 38.6 Å². The van der Waals surface area contributed by atoms with Crippen LogP contribution in [-0.2, 0) is 4.79 Å². The standard InChI is InChI=1S/C14H21FN2O2.ClH/c1-3-9-19-13-10-11(15)6-7-12(13)17-14(18)5-4-8-16-2;/h6-7,10,16H,3-5,8-9H2,1-2H3,(H,17,18);1H. The molecule has 2 N–H and O–H groups in total. The lowest BCUT2D eigenvalue weighted by Gasteiger charge is -2.12. The van der Waals surface area contributed by atoms with Gasteiger partial charge in [0.15, 0.2) is 0 Å². The smallest absolute Gasteiger partial charge is 0.224 e. The molecule has 0 spiro atoms. The van der Waals surface area contributed by atoms with Gasteiger partial charge in [-0.25, -0.2) is 4.39 Å². The number of nitrogens with one attached hydrogen (secondary N) is 2. The lowest BCUT2D eigenvalue weighted by Crippen LogP contribution is -2.16. The summed E-state index contributed by atoms with van der Waals surface area (Å²) in [6.45, 7) is 3.25. The second-order valence-electron chi connectivity index (χ2n) is 4.24. The van der Waals surface area contributed by atoms with Crippen LogP contribution in [0, 0.1) is 5.82 Å². The second-order valence-corrected chi connectivity index (χ2v) is 4.24. The van der Waals surface area contributed by atoms with Crippen LogP contribution in [-0.4, -0.2) is 26.1 Å². The average molecular weight is 305 g/mol. The zero-order valence-electron chi connectivity index (χ0n) is 11.9. The van der Waals surface area contributed by atoms with Crippen molar-refractivity contribution < 1.29 is 13.9 Å². The van der Waals surface area contributed by atoms with Gasteiger partial charge in [0, 0.05) is 12.5 Å². The first kappa shape index (κ1) is 18.7. The third-order valence-electron chi connectivity index (χ3n) is 2.51. The molecule has 0 aromatic heterocycles. The maximum Gasteiger partial charge on any atom is 0.224 e. The van der Waals surface area contributed by atoms with Gasteiger partial charge in [-0.15, -0.1) is 12.4 Å². The summed E-state index contributed by atoms with van der Waals surface area (Å²) in [4.78, 5) is 11.7. The van der Waals surface area contributed by atoms with E-state index in [2.05, 4.69) is 10.6 Å². The average Bonchev–Trinajstić information content (AvgIpc) is 2.39. The van der Waals surface area contributed by atoms with Gasteiger partial charge in [-0.1, -0.05) is 6.92 Å². The zero-order chi connectivity index (χ0) is 14.1. The summed E-state index contributed by atoms with van der Waals surface area (Å²) in [5.74, 6) is -0.0914. The number of rotatable bonds is 8. The van der Waals surface area contributed by atoms with Crippen molar-refractivity contribution >= 4 is 24.0 Å². The van der Waals surface area contributed by atoms with Gasteiger partial charge >= 0.3 is 0 Å². The minimum absolute atomic E-state index is 0. The number of hydrogen-bond acceptors (Lipinski definition) is 3. The van der Waals surface area contributed by atoms with Crippen molar-refractivity contribution in [1.29, 1.82) is 0 Å². The molecule has 0 saturated heterocycles. The SMILES string of the molecule is CCCOc1cc(F)ccc1NC(=O)CCCNC.Cl. The van der Waals surface area contributed by atoms with Crippen LogP contribution >= 0.6 is 12.4 Å². The summed E-state index contributed by atoms with van der Waals surface area (Å²) in [6, 6.07) is 4.12. The summed E-state index contributed by atoms with van der Waals surface area (Å²) in [5, 5.41) is 5.73. The molecule has 0 radical (unpaired) electrons. The highest BCUT2D eigenvalue weighted by Crippen LogP contribution is 2.25. The molecule has 0 fully saturated rings. The summed E-state index contributed by atoms with van der Waals surface area (Å²) >= 11 is 0. The fourth-order valence-electron chi connectivity index (χ4n) is 1.57. The Hall–Kier alpha value is -1.33. The maximum atomic E-state index is 13.2. The number of hydrogen-bond donors (Lipinski definition) is 2. The molecule has 0 aliphatic heterocycles. The van der Waals surface area contributed by atoms with Gasteiger partial charge in [0.05, 0.1) is 12.3 Å². The molecule has 1 rings (SSSR count). The molecule has 114 valence electrons. The van der Waals surface area contributed by atoms with Crippen LogP contribution in [0.15, 0.2) is 18.2 Å². The predicted molar refractivity (Wildman–Crippen MR) is 81.2 cm³/mol. The first-order chi connectivity index (χ1) is 9.17. The van der Waals surface area contributed by atoms with E-state index < -0.39 is 0 Å². The molecule has 0 aliphatic carbocycles. The fraction of sp³-hybridized carbons (Fsp3) is 0.500. The highest BCUT2D eigenvalue weighted by molar-refractivity contribution is 5.92. The van der Waals surface area contributed by atoms with Crippen molar-refractivity contribution in [2.75, 3.05) is 25.5 Å². The van der Waals surface area contributed by atoms with E-state index in [1.807, 2.05) is 14.0 Å². The van der Waals surface area contributed by atoms with Gasteiger partial charge in [-0.2, -0.15) is 0 Å². The summed E-state index contributed by atoms with van der Waals surface area (Å²) in [5.41, 5.74) is 0.518. The Morgan fingerprint density at radius 3 is 2.80 bits per heavy atom. The van der Waals surface area contributed by atoms with E-state index >= 15 is 0 Å². The molecule has 1 aromatic carbocycles. The molecule has 4 nitrogen and oxygen atoms in total. The number of carbonyl (C=O) groups is 1. The molecule has 0 bridgehead atoms. The minimum atomic E-state index is -0.376. The lowest BCUT2D eigenvalue weighted by molar-refractivity contribution is -0.116. The van der Waals surface area contributed by atoms with Crippen LogP contribution in [0.3, 0.4) is 0 Å². The molecule has 0 saturated carbocycles. The Morgan fingerprint density at radius 1 is 1.40 bits per heavy atom. The molecule has 6 heteroatoms. The van der Waals surface area contributed by atoms with Crippen molar-refractivity contribution in [3.63, 3.8) is 0 Å². The molecule has 1 aromatic rings. The van der Waals surface area contributed by atoms with Crippen LogP contribution in [0.25, 0.3) is 0 Å². The number of halogens is 2. The van der Waals surface area contributed by atoms with Crippen LogP contribution < -0.4 is 15.4 Å². The van der Waals surface area contributed by atoms with Crippen molar-refractivity contribution in [3.05, 3.63) is 24.0 Å². The quantitative estimate of drug-likeness (QED) is 0.726. The second kappa shape index (κ2) is 10.5. The van der Waals surface area contributed by atoms with E-state index in [0.717, 1.165) is 19.4 Å². The Morgan fingerprint density at radius 2 is 2.15 bits per heavy atom. The van der Waals surface area contributed by atoms with Gasteiger partial charge in [0.1, 0.15) is 11.6 Å². The fourth-order valence-corrected chi connectivity index (χ4v) is 1.57. The molecule has 20 heavy (non-hydrogen) atoms. The van der Waals surface area contributed by atoms with E-state index in [4.69, 9.17) is 4.74 Å². The highest BCUT2D eigenvalue weighted by atomic mass is 35.5. The predicted octanol–water partition coefficient (Wildman–Crippen LogP) is 2.97. The lowest BCUT2D eigenvalue weighted by atomic mass is 10.2. The number of anilines is 1. The Bertz CT molecular complexity index is 416. The normalized spacial score (nSPS) is 9.75. The summed E-state index contributed by atoms with van der Waals surface area (Å²) < 4.78 is 18.6. The number of carbonyl (C=O) groups excluding carboxylic acids is 1. The Kier molecular flexibility index (Phi) is 9.76. The molecule has 0 unspecified atom stereocenters. The molecule has 0 heterocycles. The van der Waals surface area contributed by atoms with E-state index in [9.17, 15) is 9.18 Å².